The van der Waals surface area contributed by atoms with E-state index >= 15 is 0 Å². The van der Waals surface area contributed by atoms with E-state index in [2.05, 4.69) is 25.5 Å². The van der Waals surface area contributed by atoms with Gasteiger partial charge in [-0.15, -0.1) is 0 Å². The van der Waals surface area contributed by atoms with E-state index < -0.39 is 17.9 Å². The minimum atomic E-state index is -0.660. The van der Waals surface area contributed by atoms with E-state index in [-0.39, 0.29) is 23.2 Å². The van der Waals surface area contributed by atoms with E-state index in [9.17, 15) is 9.59 Å². The van der Waals surface area contributed by atoms with Gasteiger partial charge in [-0.2, -0.15) is 4.98 Å². The standard InChI is InChI=1S/C21H29N7O3/c1-13(2)11-17(19(23)30)26-21-24-12-16(18(22)29)20(27-21)25-14-3-5-15(6-4-14)28-7-9-31-10-8-28/h3-6,12-13,17H,7-11H2,1-2H3,(H2,22,29)(H2,23,30)(H2,24,25,26,27). The van der Waals surface area contributed by atoms with E-state index in [1.807, 2.05) is 38.1 Å². The number of nitrogens with zero attached hydrogens (tertiary/aromatic N) is 3. The molecule has 1 aromatic heterocycles. The molecule has 2 heterocycles. The maximum absolute atomic E-state index is 11.8. The zero-order chi connectivity index (χ0) is 22.4. The molecule has 6 N–H and O–H groups in total. The Morgan fingerprint density at radius 2 is 1.84 bits per heavy atom. The van der Waals surface area contributed by atoms with Crippen LogP contribution in [-0.2, 0) is 9.53 Å². The predicted octanol–water partition coefficient (Wildman–Crippen LogP) is 1.47. The third kappa shape index (κ3) is 6.05. The molecule has 0 saturated carbocycles. The van der Waals surface area contributed by atoms with Crippen molar-refractivity contribution in [1.82, 2.24) is 9.97 Å². The molecule has 1 atom stereocenters. The number of amides is 2. The van der Waals surface area contributed by atoms with Crippen LogP contribution in [0.5, 0.6) is 0 Å². The Kier molecular flexibility index (Phi) is 7.24. The van der Waals surface area contributed by atoms with Gasteiger partial charge in [-0.3, -0.25) is 9.59 Å². The molecule has 1 saturated heterocycles. The van der Waals surface area contributed by atoms with Gasteiger partial charge in [0.25, 0.3) is 5.91 Å². The van der Waals surface area contributed by atoms with Gasteiger partial charge in [-0.05, 0) is 36.6 Å². The fourth-order valence-corrected chi connectivity index (χ4v) is 3.31. The SMILES string of the molecule is CC(C)CC(Nc1ncc(C(N)=O)c(Nc2ccc(N3CCOCC3)cc2)n1)C(N)=O. The van der Waals surface area contributed by atoms with Crippen LogP contribution in [-0.4, -0.2) is 54.1 Å². The lowest BCUT2D eigenvalue weighted by Crippen LogP contribution is -2.37. The van der Waals surface area contributed by atoms with Crippen LogP contribution in [0, 0.1) is 5.92 Å². The first kappa shape index (κ1) is 22.3. The van der Waals surface area contributed by atoms with Gasteiger partial charge in [-0.1, -0.05) is 13.8 Å². The van der Waals surface area contributed by atoms with Gasteiger partial charge in [0.05, 0.1) is 13.2 Å². The fraction of sp³-hybridized carbons (Fsp3) is 0.429. The number of hydrogen-bond acceptors (Lipinski definition) is 8. The topological polar surface area (TPSA) is 148 Å². The van der Waals surface area contributed by atoms with E-state index in [0.717, 1.165) is 24.5 Å². The maximum atomic E-state index is 11.8. The van der Waals surface area contributed by atoms with Crippen molar-refractivity contribution in [2.24, 2.45) is 17.4 Å². The number of rotatable bonds is 9. The Hall–Kier alpha value is -3.40. The van der Waals surface area contributed by atoms with Gasteiger partial charge in [0.15, 0.2) is 0 Å². The van der Waals surface area contributed by atoms with Crippen molar-refractivity contribution in [2.75, 3.05) is 41.8 Å². The second-order valence-electron chi connectivity index (χ2n) is 7.82. The molecule has 1 aromatic carbocycles. The molecule has 0 aliphatic carbocycles. The summed E-state index contributed by atoms with van der Waals surface area (Å²) in [6, 6.07) is 7.15. The molecule has 0 bridgehead atoms. The van der Waals surface area contributed by atoms with Crippen LogP contribution in [0.1, 0.15) is 30.6 Å². The second-order valence-corrected chi connectivity index (χ2v) is 7.82. The van der Waals surface area contributed by atoms with Crippen LogP contribution in [0.25, 0.3) is 0 Å². The molecule has 1 aliphatic heterocycles. The highest BCUT2D eigenvalue weighted by Crippen LogP contribution is 2.24. The summed E-state index contributed by atoms with van der Waals surface area (Å²) in [5.41, 5.74) is 12.9. The molecule has 10 nitrogen and oxygen atoms in total. The second kappa shape index (κ2) is 10.1. The number of anilines is 4. The average Bonchev–Trinajstić information content (AvgIpc) is 2.74. The van der Waals surface area contributed by atoms with Gasteiger partial charge in [0, 0.05) is 30.7 Å². The molecular formula is C21H29N7O3. The van der Waals surface area contributed by atoms with Crippen LogP contribution in [0.3, 0.4) is 0 Å². The number of hydrogen-bond donors (Lipinski definition) is 4. The zero-order valence-electron chi connectivity index (χ0n) is 17.8. The highest BCUT2D eigenvalue weighted by atomic mass is 16.5. The molecule has 166 valence electrons. The van der Waals surface area contributed by atoms with Crippen molar-refractivity contribution in [3.63, 3.8) is 0 Å². The molecule has 10 heteroatoms. The van der Waals surface area contributed by atoms with Crippen molar-refractivity contribution in [3.8, 4) is 0 Å². The van der Waals surface area contributed by atoms with E-state index in [0.29, 0.717) is 19.6 Å². The third-order valence-electron chi connectivity index (χ3n) is 4.91. The first-order valence-electron chi connectivity index (χ1n) is 10.3. The molecule has 1 fully saturated rings. The summed E-state index contributed by atoms with van der Waals surface area (Å²) >= 11 is 0. The van der Waals surface area contributed by atoms with Crippen LogP contribution in [0.2, 0.25) is 0 Å². The van der Waals surface area contributed by atoms with E-state index in [1.54, 1.807) is 0 Å². The molecule has 2 aromatic rings. The lowest BCUT2D eigenvalue weighted by atomic mass is 10.0. The van der Waals surface area contributed by atoms with Gasteiger partial charge in [0.1, 0.15) is 17.4 Å². The van der Waals surface area contributed by atoms with Crippen LogP contribution in [0.15, 0.2) is 30.5 Å². The molecule has 1 aliphatic rings. The number of aromatic nitrogens is 2. The smallest absolute Gasteiger partial charge is 0.254 e. The Morgan fingerprint density at radius 1 is 1.16 bits per heavy atom. The number of nitrogens with one attached hydrogen (secondary N) is 2. The summed E-state index contributed by atoms with van der Waals surface area (Å²) < 4.78 is 5.39. The minimum Gasteiger partial charge on any atom is -0.378 e. The van der Waals surface area contributed by atoms with Crippen LogP contribution < -0.4 is 27.0 Å². The molecule has 31 heavy (non-hydrogen) atoms. The molecule has 2 amide bonds. The first-order valence-corrected chi connectivity index (χ1v) is 10.3. The number of carbonyl (C=O) groups excluding carboxylic acids is 2. The quantitative estimate of drug-likeness (QED) is 0.470. The predicted molar refractivity (Wildman–Crippen MR) is 119 cm³/mol. The summed E-state index contributed by atoms with van der Waals surface area (Å²) in [5, 5.41) is 6.06. The van der Waals surface area contributed by atoms with Crippen molar-refractivity contribution in [1.29, 1.82) is 0 Å². The number of primary amides is 2. The average molecular weight is 428 g/mol. The minimum absolute atomic E-state index is 0.141. The summed E-state index contributed by atoms with van der Waals surface area (Å²) in [7, 11) is 0. The van der Waals surface area contributed by atoms with E-state index in [4.69, 9.17) is 16.2 Å². The number of nitrogens with two attached hydrogens (primary N) is 2. The normalized spacial score (nSPS) is 14.9. The largest absolute Gasteiger partial charge is 0.378 e. The maximum Gasteiger partial charge on any atom is 0.254 e. The summed E-state index contributed by atoms with van der Waals surface area (Å²) in [5.74, 6) is -0.478. The Balaban J connectivity index is 1.79. The van der Waals surface area contributed by atoms with Crippen molar-refractivity contribution < 1.29 is 14.3 Å². The Morgan fingerprint density at radius 3 is 2.42 bits per heavy atom. The summed E-state index contributed by atoms with van der Waals surface area (Å²) in [6.07, 6.45) is 1.86. The van der Waals surface area contributed by atoms with Crippen LogP contribution in [0.4, 0.5) is 23.1 Å². The number of ether oxygens (including phenoxy) is 1. The van der Waals surface area contributed by atoms with Crippen molar-refractivity contribution in [3.05, 3.63) is 36.0 Å². The number of benzene rings is 1. The fourth-order valence-electron chi connectivity index (χ4n) is 3.31. The van der Waals surface area contributed by atoms with Gasteiger partial charge in [-0.25, -0.2) is 4.98 Å². The lowest BCUT2D eigenvalue weighted by molar-refractivity contribution is -0.119. The third-order valence-corrected chi connectivity index (χ3v) is 4.91. The van der Waals surface area contributed by atoms with Crippen LogP contribution >= 0.6 is 0 Å². The van der Waals surface area contributed by atoms with Gasteiger partial charge < -0.3 is 31.7 Å². The number of morpholine rings is 1. The van der Waals surface area contributed by atoms with Gasteiger partial charge >= 0.3 is 0 Å². The zero-order valence-corrected chi connectivity index (χ0v) is 17.8. The number of carbonyl (C=O) groups is 2. The highest BCUT2D eigenvalue weighted by Gasteiger charge is 2.20. The lowest BCUT2D eigenvalue weighted by Gasteiger charge is -2.29. The highest BCUT2D eigenvalue weighted by molar-refractivity contribution is 5.98. The molecule has 3 rings (SSSR count). The molecule has 0 spiro atoms. The molecule has 0 radical (unpaired) electrons. The Bertz CT molecular complexity index is 912. The van der Waals surface area contributed by atoms with Crippen molar-refractivity contribution >= 4 is 35.0 Å². The monoisotopic (exact) mass is 427 g/mol. The molecule has 1 unspecified atom stereocenters. The molecular weight excluding hydrogens is 398 g/mol. The van der Waals surface area contributed by atoms with Crippen molar-refractivity contribution in [2.45, 2.75) is 26.3 Å². The Labute approximate surface area is 181 Å². The summed E-state index contributed by atoms with van der Waals surface area (Å²) in [4.78, 5) is 34.3. The summed E-state index contributed by atoms with van der Waals surface area (Å²) in [6.45, 7) is 7.09. The van der Waals surface area contributed by atoms with E-state index in [1.165, 1.54) is 6.20 Å². The van der Waals surface area contributed by atoms with Gasteiger partial charge in [0.2, 0.25) is 11.9 Å². The first-order chi connectivity index (χ1) is 14.8.